The van der Waals surface area contributed by atoms with Crippen molar-refractivity contribution in [1.29, 1.82) is 0 Å². The van der Waals surface area contributed by atoms with Crippen molar-refractivity contribution in [3.05, 3.63) is 102 Å². The minimum absolute atomic E-state index is 0.264. The highest BCUT2D eigenvalue weighted by Crippen LogP contribution is 2.28. The highest BCUT2D eigenvalue weighted by atomic mass is 16.6. The van der Waals surface area contributed by atoms with E-state index >= 15 is 0 Å². The second-order valence-corrected chi connectivity index (χ2v) is 7.25. The van der Waals surface area contributed by atoms with Crippen LogP contribution >= 0.6 is 0 Å². The van der Waals surface area contributed by atoms with E-state index in [4.69, 9.17) is 14.2 Å². The van der Waals surface area contributed by atoms with Crippen LogP contribution in [0.25, 0.3) is 10.8 Å². The third-order valence-corrected chi connectivity index (χ3v) is 5.13. The molecule has 1 N–H and O–H groups in total. The Morgan fingerprint density at radius 1 is 0.824 bits per heavy atom. The number of methoxy groups -OCH3 is 2. The Hall–Kier alpha value is -4.65. The van der Waals surface area contributed by atoms with Crippen LogP contribution in [0.2, 0.25) is 0 Å². The molecule has 0 bridgehead atoms. The van der Waals surface area contributed by atoms with Crippen LogP contribution < -0.4 is 19.6 Å². The maximum absolute atomic E-state index is 12.6. The predicted octanol–water partition coefficient (Wildman–Crippen LogP) is 4.84. The Bertz CT molecular complexity index is 1360. The number of amides is 1. The molecule has 0 unspecified atom stereocenters. The summed E-state index contributed by atoms with van der Waals surface area (Å²) in [6, 6.07) is 24.7. The Labute approximate surface area is 196 Å². The number of benzene rings is 4. The number of hydrogen-bond acceptors (Lipinski definition) is 6. The molecule has 4 aromatic rings. The minimum Gasteiger partial charge on any atom is -0.497 e. The number of ether oxygens (including phenoxy) is 3. The standard InChI is InChI=1S/C27H22N2O5/c1-32-21-13-11-20(12-14-21)27(31)34-24-15-10-18(16-25(24)33-2)17-28-29-26(30)23-9-5-7-19-6-3-4-8-22(19)23/h3-17H,1-2H3,(H,29,30). The van der Waals surface area contributed by atoms with Gasteiger partial charge in [-0.25, -0.2) is 10.2 Å². The zero-order valence-electron chi connectivity index (χ0n) is 18.6. The molecule has 1 amide bonds. The predicted molar refractivity (Wildman–Crippen MR) is 130 cm³/mol. The molecule has 170 valence electrons. The molecule has 0 aliphatic rings. The fraction of sp³-hybridized carbons (Fsp3) is 0.0741. The number of rotatable bonds is 7. The summed E-state index contributed by atoms with van der Waals surface area (Å²) in [5.74, 6) is 0.423. The van der Waals surface area contributed by atoms with Crippen LogP contribution in [-0.4, -0.2) is 32.3 Å². The van der Waals surface area contributed by atoms with Crippen molar-refractivity contribution in [1.82, 2.24) is 5.43 Å². The molecule has 0 aliphatic carbocycles. The van der Waals surface area contributed by atoms with Crippen LogP contribution in [0.1, 0.15) is 26.3 Å². The van der Waals surface area contributed by atoms with Gasteiger partial charge in [-0.15, -0.1) is 0 Å². The number of hydrogen-bond donors (Lipinski definition) is 1. The maximum Gasteiger partial charge on any atom is 0.343 e. The first-order valence-electron chi connectivity index (χ1n) is 10.4. The van der Waals surface area contributed by atoms with Crippen LogP contribution in [0.3, 0.4) is 0 Å². The number of nitrogens with zero attached hydrogens (tertiary/aromatic N) is 1. The monoisotopic (exact) mass is 454 g/mol. The molecule has 0 aromatic heterocycles. The molecule has 4 rings (SSSR count). The van der Waals surface area contributed by atoms with E-state index in [1.165, 1.54) is 13.3 Å². The molecular weight excluding hydrogens is 432 g/mol. The summed E-state index contributed by atoms with van der Waals surface area (Å²) < 4.78 is 15.9. The second-order valence-electron chi connectivity index (χ2n) is 7.25. The van der Waals surface area contributed by atoms with Crippen LogP contribution in [-0.2, 0) is 0 Å². The fourth-order valence-electron chi connectivity index (χ4n) is 3.38. The zero-order valence-corrected chi connectivity index (χ0v) is 18.6. The van der Waals surface area contributed by atoms with Gasteiger partial charge in [0, 0.05) is 5.56 Å². The molecule has 7 nitrogen and oxygen atoms in total. The van der Waals surface area contributed by atoms with Crippen LogP contribution in [0.15, 0.2) is 90.0 Å². The number of carbonyl (C=O) groups excluding carboxylic acids is 2. The van der Waals surface area contributed by atoms with Gasteiger partial charge in [0.2, 0.25) is 0 Å². The maximum atomic E-state index is 12.6. The summed E-state index contributed by atoms with van der Waals surface area (Å²) in [5, 5.41) is 5.88. The van der Waals surface area contributed by atoms with Gasteiger partial charge in [0.15, 0.2) is 11.5 Å². The number of nitrogens with one attached hydrogen (secondary N) is 1. The van der Waals surface area contributed by atoms with Crippen molar-refractivity contribution in [3.63, 3.8) is 0 Å². The van der Waals surface area contributed by atoms with Gasteiger partial charge in [-0.1, -0.05) is 36.4 Å². The SMILES string of the molecule is COc1ccc(C(=O)Oc2ccc(C=NNC(=O)c3cccc4ccccc34)cc2OC)cc1. The van der Waals surface area contributed by atoms with Gasteiger partial charge in [-0.05, 0) is 64.9 Å². The van der Waals surface area contributed by atoms with E-state index < -0.39 is 5.97 Å². The average Bonchev–Trinajstić information content (AvgIpc) is 2.89. The van der Waals surface area contributed by atoms with Crippen LogP contribution in [0.4, 0.5) is 0 Å². The first kappa shape index (κ1) is 22.5. The summed E-state index contributed by atoms with van der Waals surface area (Å²) in [7, 11) is 3.03. The number of carbonyl (C=O) groups is 2. The molecule has 0 atom stereocenters. The largest absolute Gasteiger partial charge is 0.497 e. The number of hydrazone groups is 1. The van der Waals surface area contributed by atoms with Crippen molar-refractivity contribution >= 4 is 28.9 Å². The second kappa shape index (κ2) is 10.3. The minimum atomic E-state index is -0.523. The molecular formula is C27H22N2O5. The Morgan fingerprint density at radius 3 is 2.35 bits per heavy atom. The van der Waals surface area contributed by atoms with Gasteiger partial charge in [0.1, 0.15) is 5.75 Å². The quantitative estimate of drug-likeness (QED) is 0.187. The highest BCUT2D eigenvalue weighted by Gasteiger charge is 2.13. The van der Waals surface area contributed by atoms with E-state index in [0.29, 0.717) is 28.2 Å². The third-order valence-electron chi connectivity index (χ3n) is 5.13. The zero-order chi connectivity index (χ0) is 23.9. The smallest absolute Gasteiger partial charge is 0.343 e. The molecule has 34 heavy (non-hydrogen) atoms. The van der Waals surface area contributed by atoms with Gasteiger partial charge >= 0.3 is 5.97 Å². The normalized spacial score (nSPS) is 10.8. The summed E-state index contributed by atoms with van der Waals surface area (Å²) in [4.78, 5) is 25.1. The Kier molecular flexibility index (Phi) is 6.84. The molecule has 0 fully saturated rings. The van der Waals surface area contributed by atoms with Crippen LogP contribution in [0.5, 0.6) is 17.2 Å². The average molecular weight is 454 g/mol. The lowest BCUT2D eigenvalue weighted by Gasteiger charge is -2.10. The summed E-state index contributed by atoms with van der Waals surface area (Å²) in [5.41, 5.74) is 4.12. The summed E-state index contributed by atoms with van der Waals surface area (Å²) >= 11 is 0. The molecule has 0 aliphatic heterocycles. The number of esters is 1. The van der Waals surface area contributed by atoms with E-state index in [2.05, 4.69) is 10.5 Å². The van der Waals surface area contributed by atoms with Gasteiger partial charge in [0.05, 0.1) is 26.0 Å². The van der Waals surface area contributed by atoms with Gasteiger partial charge in [0.25, 0.3) is 5.91 Å². The topological polar surface area (TPSA) is 86.2 Å². The van der Waals surface area contributed by atoms with Crippen molar-refractivity contribution in [2.24, 2.45) is 5.10 Å². The fourth-order valence-corrected chi connectivity index (χ4v) is 3.38. The third kappa shape index (κ3) is 5.05. The highest BCUT2D eigenvalue weighted by molar-refractivity contribution is 6.07. The molecule has 4 aromatic carbocycles. The Morgan fingerprint density at radius 2 is 1.59 bits per heavy atom. The van der Waals surface area contributed by atoms with E-state index in [1.807, 2.05) is 36.4 Å². The van der Waals surface area contributed by atoms with Crippen molar-refractivity contribution in [3.8, 4) is 17.2 Å². The first-order chi connectivity index (χ1) is 16.6. The molecule has 0 saturated heterocycles. The van der Waals surface area contributed by atoms with Gasteiger partial charge in [-0.3, -0.25) is 4.79 Å². The van der Waals surface area contributed by atoms with Crippen molar-refractivity contribution in [2.75, 3.05) is 14.2 Å². The molecule has 0 spiro atoms. The van der Waals surface area contributed by atoms with Crippen molar-refractivity contribution in [2.45, 2.75) is 0 Å². The van der Waals surface area contributed by atoms with Crippen molar-refractivity contribution < 1.29 is 23.8 Å². The molecule has 7 heteroatoms. The lowest BCUT2D eigenvalue weighted by molar-refractivity contribution is 0.0729. The summed E-state index contributed by atoms with van der Waals surface area (Å²) in [6.07, 6.45) is 1.49. The number of fused-ring (bicyclic) bond motifs is 1. The molecule has 0 saturated carbocycles. The lowest BCUT2D eigenvalue weighted by Crippen LogP contribution is -2.17. The molecule has 0 heterocycles. The van der Waals surface area contributed by atoms with E-state index in [0.717, 1.165) is 10.8 Å². The van der Waals surface area contributed by atoms with E-state index in [-0.39, 0.29) is 11.7 Å². The molecule has 0 radical (unpaired) electrons. The van der Waals surface area contributed by atoms with Crippen LogP contribution in [0, 0.1) is 0 Å². The Balaban J connectivity index is 1.44. The lowest BCUT2D eigenvalue weighted by atomic mass is 10.0. The first-order valence-corrected chi connectivity index (χ1v) is 10.4. The van der Waals surface area contributed by atoms with Gasteiger partial charge in [-0.2, -0.15) is 5.10 Å². The van der Waals surface area contributed by atoms with E-state index in [1.54, 1.807) is 55.6 Å². The van der Waals surface area contributed by atoms with E-state index in [9.17, 15) is 9.59 Å². The summed E-state index contributed by atoms with van der Waals surface area (Å²) in [6.45, 7) is 0. The van der Waals surface area contributed by atoms with Gasteiger partial charge < -0.3 is 14.2 Å².